The number of benzene rings is 1. The molecule has 0 aliphatic rings. The number of pyridine rings is 1. The lowest BCUT2D eigenvalue weighted by Gasteiger charge is -2.31. The fraction of sp³-hybridized carbons (Fsp3) is 0.214. The highest BCUT2D eigenvalue weighted by molar-refractivity contribution is 5.39. The fourth-order valence-electron chi connectivity index (χ4n) is 2.01. The van der Waals surface area contributed by atoms with Crippen LogP contribution in [0.15, 0.2) is 48.8 Å². The lowest BCUT2D eigenvalue weighted by Crippen LogP contribution is -2.43. The molecular formula is C14H9F6NO. The molecule has 0 spiro atoms. The van der Waals surface area contributed by atoms with E-state index in [1.54, 1.807) is 0 Å². The van der Waals surface area contributed by atoms with Crippen molar-refractivity contribution in [1.29, 1.82) is 0 Å². The van der Waals surface area contributed by atoms with Crippen LogP contribution in [0.4, 0.5) is 26.3 Å². The van der Waals surface area contributed by atoms with Crippen LogP contribution in [0.5, 0.6) is 0 Å². The molecule has 2 rings (SSSR count). The highest BCUT2D eigenvalue weighted by Crippen LogP contribution is 2.45. The maximum Gasteiger partial charge on any atom is 0.425 e. The molecule has 1 atom stereocenters. The van der Waals surface area contributed by atoms with Gasteiger partial charge >= 0.3 is 12.4 Å². The van der Waals surface area contributed by atoms with E-state index >= 15 is 0 Å². The molecule has 0 aliphatic heterocycles. The van der Waals surface area contributed by atoms with Gasteiger partial charge in [-0.2, -0.15) is 26.3 Å². The quantitative estimate of drug-likeness (QED) is 0.851. The van der Waals surface area contributed by atoms with Crippen LogP contribution in [0.3, 0.4) is 0 Å². The largest absolute Gasteiger partial charge is 0.425 e. The third kappa shape index (κ3) is 2.78. The highest BCUT2D eigenvalue weighted by atomic mass is 19.4. The van der Waals surface area contributed by atoms with Crippen molar-refractivity contribution in [2.24, 2.45) is 0 Å². The summed E-state index contributed by atoms with van der Waals surface area (Å²) in [7, 11) is 0. The zero-order valence-corrected chi connectivity index (χ0v) is 10.8. The Balaban J connectivity index is 2.67. The molecule has 1 heterocycles. The molecule has 0 bridgehead atoms. The van der Waals surface area contributed by atoms with E-state index in [1.807, 2.05) is 0 Å². The first kappa shape index (κ1) is 16.3. The van der Waals surface area contributed by atoms with Crippen molar-refractivity contribution in [2.45, 2.75) is 18.0 Å². The standard InChI is InChI=1S/C14H9F6NO/c15-13(16,17)11-3-1-2-10(8-11)12(22,14(18,19)20)9-4-6-21-7-5-9/h1-8,22H. The van der Waals surface area contributed by atoms with Crippen LogP contribution < -0.4 is 0 Å². The van der Waals surface area contributed by atoms with E-state index < -0.39 is 34.6 Å². The van der Waals surface area contributed by atoms with Gasteiger partial charge in [0.2, 0.25) is 5.60 Å². The first-order valence-electron chi connectivity index (χ1n) is 5.94. The molecule has 1 unspecified atom stereocenters. The van der Waals surface area contributed by atoms with Crippen molar-refractivity contribution in [3.63, 3.8) is 0 Å². The molecule has 0 fully saturated rings. The second-order valence-electron chi connectivity index (χ2n) is 4.52. The second kappa shape index (κ2) is 5.28. The number of nitrogens with zero attached hydrogens (tertiary/aromatic N) is 1. The van der Waals surface area contributed by atoms with Gasteiger partial charge in [-0.15, -0.1) is 0 Å². The van der Waals surface area contributed by atoms with Crippen molar-refractivity contribution >= 4 is 0 Å². The minimum absolute atomic E-state index is 0.286. The predicted molar refractivity (Wildman–Crippen MR) is 64.7 cm³/mol. The number of aromatic nitrogens is 1. The Morgan fingerprint density at radius 1 is 0.773 bits per heavy atom. The summed E-state index contributed by atoms with van der Waals surface area (Å²) in [5, 5.41) is 10.2. The minimum atomic E-state index is -5.21. The van der Waals surface area contributed by atoms with Crippen LogP contribution in [0, 0.1) is 0 Å². The normalized spacial score (nSPS) is 15.4. The summed E-state index contributed by atoms with van der Waals surface area (Å²) in [6.45, 7) is 0. The van der Waals surface area contributed by atoms with Gasteiger partial charge in [-0.25, -0.2) is 0 Å². The van der Waals surface area contributed by atoms with Crippen molar-refractivity contribution in [3.05, 3.63) is 65.5 Å². The van der Waals surface area contributed by atoms with Gasteiger partial charge in [0.05, 0.1) is 5.56 Å². The third-order valence-corrected chi connectivity index (χ3v) is 3.12. The summed E-state index contributed by atoms with van der Waals surface area (Å²) < 4.78 is 78.1. The molecule has 1 aromatic heterocycles. The molecular weight excluding hydrogens is 312 g/mol. The monoisotopic (exact) mass is 321 g/mol. The van der Waals surface area contributed by atoms with E-state index in [-0.39, 0.29) is 6.07 Å². The second-order valence-corrected chi connectivity index (χ2v) is 4.52. The van der Waals surface area contributed by atoms with Crippen LogP contribution in [-0.2, 0) is 11.8 Å². The lowest BCUT2D eigenvalue weighted by molar-refractivity contribution is -0.248. The van der Waals surface area contributed by atoms with Gasteiger partial charge in [-0.3, -0.25) is 4.98 Å². The number of rotatable bonds is 2. The Morgan fingerprint density at radius 3 is 1.82 bits per heavy atom. The Labute approximate surface area is 121 Å². The molecule has 118 valence electrons. The predicted octanol–water partition coefficient (Wildman–Crippen LogP) is 3.90. The molecule has 0 amide bonds. The molecule has 0 radical (unpaired) electrons. The molecule has 1 N–H and O–H groups in total. The average Bonchev–Trinajstić information content (AvgIpc) is 2.45. The summed E-state index contributed by atoms with van der Waals surface area (Å²) in [4.78, 5) is 3.53. The van der Waals surface area contributed by atoms with E-state index in [4.69, 9.17) is 0 Å². The molecule has 2 aromatic rings. The zero-order chi connectivity index (χ0) is 16.6. The zero-order valence-electron chi connectivity index (χ0n) is 10.8. The summed E-state index contributed by atoms with van der Waals surface area (Å²) in [6.07, 6.45) is -8.00. The molecule has 2 nitrogen and oxygen atoms in total. The van der Waals surface area contributed by atoms with Crippen LogP contribution >= 0.6 is 0 Å². The maximum absolute atomic E-state index is 13.4. The van der Waals surface area contributed by atoms with Crippen LogP contribution in [0.1, 0.15) is 16.7 Å². The number of alkyl halides is 6. The first-order valence-corrected chi connectivity index (χ1v) is 5.94. The van der Waals surface area contributed by atoms with Gasteiger partial charge in [0.1, 0.15) is 0 Å². The summed E-state index contributed by atoms with van der Waals surface area (Å²) in [5.41, 5.74) is -6.37. The SMILES string of the molecule is OC(c1ccncc1)(c1cccc(C(F)(F)F)c1)C(F)(F)F. The summed E-state index contributed by atoms with van der Waals surface area (Å²) in [6, 6.07) is 4.32. The van der Waals surface area contributed by atoms with Gasteiger partial charge in [0.15, 0.2) is 0 Å². The van der Waals surface area contributed by atoms with Gasteiger partial charge in [-0.05, 0) is 29.8 Å². The van der Waals surface area contributed by atoms with E-state index in [9.17, 15) is 31.4 Å². The van der Waals surface area contributed by atoms with Crippen LogP contribution in [-0.4, -0.2) is 16.3 Å². The molecule has 0 saturated heterocycles. The van der Waals surface area contributed by atoms with E-state index in [0.29, 0.717) is 6.07 Å². The van der Waals surface area contributed by atoms with Gasteiger partial charge in [-0.1, -0.05) is 12.1 Å². The Hall–Kier alpha value is -2.09. The lowest BCUT2D eigenvalue weighted by atomic mass is 9.85. The third-order valence-electron chi connectivity index (χ3n) is 3.12. The van der Waals surface area contributed by atoms with Crippen molar-refractivity contribution < 1.29 is 31.4 Å². The smallest absolute Gasteiger partial charge is 0.372 e. The molecule has 8 heteroatoms. The Kier molecular flexibility index (Phi) is 3.90. The van der Waals surface area contributed by atoms with Crippen molar-refractivity contribution in [1.82, 2.24) is 4.98 Å². The highest BCUT2D eigenvalue weighted by Gasteiger charge is 2.56. The molecule has 0 saturated carbocycles. The van der Waals surface area contributed by atoms with Gasteiger partial charge in [0.25, 0.3) is 0 Å². The maximum atomic E-state index is 13.4. The Bertz CT molecular complexity index is 652. The average molecular weight is 321 g/mol. The minimum Gasteiger partial charge on any atom is -0.372 e. The van der Waals surface area contributed by atoms with Crippen LogP contribution in [0.25, 0.3) is 0 Å². The summed E-state index contributed by atoms with van der Waals surface area (Å²) >= 11 is 0. The van der Waals surface area contributed by atoms with Gasteiger partial charge in [0, 0.05) is 18.0 Å². The first-order chi connectivity index (χ1) is 10.1. The van der Waals surface area contributed by atoms with Crippen molar-refractivity contribution in [2.75, 3.05) is 0 Å². The van der Waals surface area contributed by atoms with Crippen LogP contribution in [0.2, 0.25) is 0 Å². The number of hydrogen-bond acceptors (Lipinski definition) is 2. The fourth-order valence-corrected chi connectivity index (χ4v) is 2.01. The summed E-state index contributed by atoms with van der Waals surface area (Å²) in [5.74, 6) is 0. The Morgan fingerprint density at radius 2 is 1.32 bits per heavy atom. The topological polar surface area (TPSA) is 33.1 Å². The van der Waals surface area contributed by atoms with E-state index in [2.05, 4.69) is 4.98 Å². The van der Waals surface area contributed by atoms with Crippen molar-refractivity contribution in [3.8, 4) is 0 Å². The number of hydrogen-bond donors (Lipinski definition) is 1. The van der Waals surface area contributed by atoms with E-state index in [0.717, 1.165) is 36.7 Å². The molecule has 1 aromatic carbocycles. The molecule has 22 heavy (non-hydrogen) atoms. The van der Waals surface area contributed by atoms with Gasteiger partial charge < -0.3 is 5.11 Å². The van der Waals surface area contributed by atoms with E-state index in [1.165, 1.54) is 0 Å². The number of halogens is 6. The number of aliphatic hydroxyl groups is 1. The molecule has 0 aliphatic carbocycles.